The Kier molecular flexibility index (Phi) is 3.09. The van der Waals surface area contributed by atoms with Crippen molar-refractivity contribution >= 4 is 21.4 Å². The van der Waals surface area contributed by atoms with E-state index in [1.165, 1.54) is 35.8 Å². The van der Waals surface area contributed by atoms with Crippen molar-refractivity contribution < 1.29 is 0 Å². The summed E-state index contributed by atoms with van der Waals surface area (Å²) in [6, 6.07) is 8.28. The van der Waals surface area contributed by atoms with Crippen LogP contribution in [0, 0.1) is 30.1 Å². The molecule has 0 spiro atoms. The van der Waals surface area contributed by atoms with Crippen LogP contribution in [0.5, 0.6) is 0 Å². The van der Waals surface area contributed by atoms with Crippen molar-refractivity contribution in [3.8, 4) is 24.2 Å². The van der Waals surface area contributed by atoms with Gasteiger partial charge in [-0.2, -0.15) is 0 Å². The lowest BCUT2D eigenvalue weighted by atomic mass is 10.1. The molecule has 88 valence electrons. The third-order valence-electron chi connectivity index (χ3n) is 3.48. The lowest BCUT2D eigenvalue weighted by molar-refractivity contribution is 0.712. The molecule has 18 heavy (non-hydrogen) atoms. The maximum absolute atomic E-state index is 5.63. The van der Waals surface area contributed by atoms with Gasteiger partial charge in [-0.15, -0.1) is 17.8 Å². The molecule has 0 saturated heterocycles. The normalized spacial score (nSPS) is 15.3. The van der Waals surface area contributed by atoms with Gasteiger partial charge in [0, 0.05) is 16.0 Å². The Balaban J connectivity index is 2.03. The van der Waals surface area contributed by atoms with Crippen LogP contribution in [0.25, 0.3) is 10.1 Å². The van der Waals surface area contributed by atoms with Crippen LogP contribution in [0.15, 0.2) is 24.3 Å². The number of thiophene rings is 1. The molecule has 0 atom stereocenters. The van der Waals surface area contributed by atoms with E-state index in [9.17, 15) is 0 Å². The number of terminal acetylenes is 1. The molecule has 1 aromatic carbocycles. The van der Waals surface area contributed by atoms with Crippen molar-refractivity contribution in [2.24, 2.45) is 5.92 Å². The van der Waals surface area contributed by atoms with Gasteiger partial charge in [0.1, 0.15) is 0 Å². The van der Waals surface area contributed by atoms with Crippen LogP contribution >= 0.6 is 11.3 Å². The van der Waals surface area contributed by atoms with Crippen LogP contribution < -0.4 is 0 Å². The summed E-state index contributed by atoms with van der Waals surface area (Å²) in [6.07, 6.45) is 10.8. The topological polar surface area (TPSA) is 0 Å². The Morgan fingerprint density at radius 2 is 1.94 bits per heavy atom. The molecule has 1 heterocycles. The molecule has 1 saturated carbocycles. The van der Waals surface area contributed by atoms with E-state index in [0.717, 1.165) is 10.4 Å². The van der Waals surface area contributed by atoms with Crippen LogP contribution in [0.1, 0.15) is 36.1 Å². The van der Waals surface area contributed by atoms with Gasteiger partial charge in [0.2, 0.25) is 0 Å². The predicted molar refractivity (Wildman–Crippen MR) is 78.6 cm³/mol. The molecule has 1 aromatic heterocycles. The first kappa shape index (κ1) is 11.4. The maximum atomic E-state index is 5.63. The molecule has 0 amide bonds. The fraction of sp³-hybridized carbons (Fsp3) is 0.294. The summed E-state index contributed by atoms with van der Waals surface area (Å²) in [6.45, 7) is 0. The van der Waals surface area contributed by atoms with E-state index in [1.807, 2.05) is 12.1 Å². The maximum Gasteiger partial charge on any atom is 0.0937 e. The number of hydrogen-bond acceptors (Lipinski definition) is 1. The van der Waals surface area contributed by atoms with Crippen molar-refractivity contribution in [2.45, 2.75) is 25.7 Å². The molecule has 0 nitrogen and oxygen atoms in total. The quantitative estimate of drug-likeness (QED) is 0.607. The highest BCUT2D eigenvalue weighted by atomic mass is 32.1. The minimum Gasteiger partial charge on any atom is -0.125 e. The summed E-state index contributed by atoms with van der Waals surface area (Å²) in [4.78, 5) is 1.06. The third-order valence-corrected chi connectivity index (χ3v) is 4.57. The van der Waals surface area contributed by atoms with Gasteiger partial charge in [0.15, 0.2) is 0 Å². The van der Waals surface area contributed by atoms with Gasteiger partial charge >= 0.3 is 0 Å². The Bertz CT molecular complexity index is 667. The van der Waals surface area contributed by atoms with E-state index < -0.39 is 0 Å². The van der Waals surface area contributed by atoms with E-state index in [0.29, 0.717) is 5.92 Å². The fourth-order valence-electron chi connectivity index (χ4n) is 2.51. The highest BCUT2D eigenvalue weighted by Crippen LogP contribution is 2.30. The molecule has 0 bridgehead atoms. The zero-order chi connectivity index (χ0) is 12.4. The van der Waals surface area contributed by atoms with Crippen molar-refractivity contribution in [3.63, 3.8) is 0 Å². The lowest BCUT2D eigenvalue weighted by Crippen LogP contribution is -1.86. The molecule has 1 heteroatoms. The molecule has 0 aliphatic heterocycles. The van der Waals surface area contributed by atoms with E-state index >= 15 is 0 Å². The van der Waals surface area contributed by atoms with E-state index in [1.54, 1.807) is 11.3 Å². The summed E-state index contributed by atoms with van der Waals surface area (Å²) in [5.74, 6) is 10.1. The molecule has 0 N–H and O–H groups in total. The minimum absolute atomic E-state index is 0.584. The second kappa shape index (κ2) is 4.89. The summed E-state index contributed by atoms with van der Waals surface area (Å²) in [5, 5.41) is 1.17. The van der Waals surface area contributed by atoms with Crippen LogP contribution in [-0.4, -0.2) is 0 Å². The Morgan fingerprint density at radius 3 is 2.72 bits per heavy atom. The molecule has 0 radical (unpaired) electrons. The van der Waals surface area contributed by atoms with E-state index in [4.69, 9.17) is 6.42 Å². The van der Waals surface area contributed by atoms with Crippen molar-refractivity contribution in [1.29, 1.82) is 0 Å². The molecule has 0 unspecified atom stereocenters. The smallest absolute Gasteiger partial charge is 0.0937 e. The van der Waals surface area contributed by atoms with E-state index in [-0.39, 0.29) is 0 Å². The van der Waals surface area contributed by atoms with Crippen molar-refractivity contribution in [2.75, 3.05) is 0 Å². The van der Waals surface area contributed by atoms with Crippen molar-refractivity contribution in [1.82, 2.24) is 0 Å². The summed E-state index contributed by atoms with van der Waals surface area (Å²) >= 11 is 1.72. The molecule has 2 aromatic rings. The molecular formula is C17H14S. The Labute approximate surface area is 112 Å². The van der Waals surface area contributed by atoms with Gasteiger partial charge in [-0.05, 0) is 18.9 Å². The molecule has 1 aliphatic carbocycles. The average molecular weight is 250 g/mol. The predicted octanol–water partition coefficient (Wildman–Crippen LogP) is 4.42. The van der Waals surface area contributed by atoms with Gasteiger partial charge in [0.05, 0.1) is 10.4 Å². The first-order valence-electron chi connectivity index (χ1n) is 6.38. The second-order valence-electron chi connectivity index (χ2n) is 4.70. The third kappa shape index (κ3) is 2.03. The zero-order valence-electron chi connectivity index (χ0n) is 10.2. The van der Waals surface area contributed by atoms with Gasteiger partial charge < -0.3 is 0 Å². The van der Waals surface area contributed by atoms with Crippen LogP contribution in [0.4, 0.5) is 0 Å². The SMILES string of the molecule is C#Cc1c(C#CC2CCCC2)sc2ccccc12. The minimum atomic E-state index is 0.584. The van der Waals surface area contributed by atoms with E-state index in [2.05, 4.69) is 29.9 Å². The van der Waals surface area contributed by atoms with Gasteiger partial charge in [-0.3, -0.25) is 0 Å². The molecular weight excluding hydrogens is 236 g/mol. The largest absolute Gasteiger partial charge is 0.125 e. The first-order valence-corrected chi connectivity index (χ1v) is 7.20. The van der Waals surface area contributed by atoms with Crippen molar-refractivity contribution in [3.05, 3.63) is 34.7 Å². The van der Waals surface area contributed by atoms with Crippen LogP contribution in [0.2, 0.25) is 0 Å². The second-order valence-corrected chi connectivity index (χ2v) is 5.75. The van der Waals surface area contributed by atoms with Crippen LogP contribution in [0.3, 0.4) is 0 Å². The molecule has 1 aliphatic rings. The summed E-state index contributed by atoms with van der Waals surface area (Å²) in [5.41, 5.74) is 0.973. The average Bonchev–Trinajstić information content (AvgIpc) is 3.03. The van der Waals surface area contributed by atoms with Gasteiger partial charge in [-0.1, -0.05) is 48.8 Å². The molecule has 1 fully saturated rings. The monoisotopic (exact) mass is 250 g/mol. The Hall–Kier alpha value is -1.70. The number of fused-ring (bicyclic) bond motifs is 1. The van der Waals surface area contributed by atoms with Gasteiger partial charge in [-0.25, -0.2) is 0 Å². The molecule has 3 rings (SSSR count). The highest BCUT2D eigenvalue weighted by molar-refractivity contribution is 7.19. The fourth-order valence-corrected chi connectivity index (χ4v) is 3.54. The number of rotatable bonds is 0. The number of hydrogen-bond donors (Lipinski definition) is 0. The first-order chi connectivity index (χ1) is 8.88. The standard InChI is InChI=1S/C17H14S/c1-2-14-15-9-5-6-10-16(15)18-17(14)12-11-13-7-3-4-8-13/h1,5-6,9-10,13H,3-4,7-8H2. The Morgan fingerprint density at radius 1 is 1.17 bits per heavy atom. The number of benzene rings is 1. The zero-order valence-corrected chi connectivity index (χ0v) is 11.0. The lowest BCUT2D eigenvalue weighted by Gasteiger charge is -1.94. The van der Waals surface area contributed by atoms with Crippen LogP contribution in [-0.2, 0) is 0 Å². The van der Waals surface area contributed by atoms with Gasteiger partial charge in [0.25, 0.3) is 0 Å². The summed E-state index contributed by atoms with van der Waals surface area (Å²) < 4.78 is 1.24. The highest BCUT2D eigenvalue weighted by Gasteiger charge is 2.12. The summed E-state index contributed by atoms with van der Waals surface area (Å²) in [7, 11) is 0.